The Morgan fingerprint density at radius 1 is 0.929 bits per heavy atom. The Hall–Kier alpha value is -0.240. The lowest BCUT2D eigenvalue weighted by atomic mass is 10.6. The Kier molecular flexibility index (Phi) is 17.6. The highest BCUT2D eigenvalue weighted by atomic mass is 16.7. The van der Waals surface area contributed by atoms with Crippen molar-refractivity contribution >= 4 is 0 Å². The number of ether oxygens (including phenoxy) is 2. The Morgan fingerprint density at radius 2 is 1.50 bits per heavy atom. The summed E-state index contributed by atoms with van der Waals surface area (Å²) in [7, 11) is 0. The first-order chi connectivity index (χ1) is 6.76. The lowest BCUT2D eigenvalue weighted by Gasteiger charge is -2.13. The highest BCUT2D eigenvalue weighted by Crippen LogP contribution is 1.91. The van der Waals surface area contributed by atoms with E-state index in [1.807, 2.05) is 6.92 Å². The summed E-state index contributed by atoms with van der Waals surface area (Å²) in [6, 6.07) is 0. The molecule has 6 nitrogen and oxygen atoms in total. The second kappa shape index (κ2) is 15.2. The monoisotopic (exact) mass is 212 g/mol. The number of hydrogen-bond acceptors (Lipinski definition) is 6. The topological polar surface area (TPSA) is 99.4 Å². The molecule has 0 aliphatic heterocycles. The van der Waals surface area contributed by atoms with E-state index in [0.717, 1.165) is 0 Å². The largest absolute Gasteiger partial charge is 0.394 e. The molecule has 0 radical (unpaired) electrons. The maximum atomic E-state index is 8.55. The minimum Gasteiger partial charge on any atom is -0.394 e. The molecule has 0 saturated heterocycles. The molecule has 1 unspecified atom stereocenters. The molecule has 88 valence electrons. The molecule has 0 fully saturated rings. The van der Waals surface area contributed by atoms with E-state index in [9.17, 15) is 0 Å². The van der Waals surface area contributed by atoms with Crippen LogP contribution in [0.2, 0.25) is 0 Å². The van der Waals surface area contributed by atoms with E-state index in [0.29, 0.717) is 6.61 Å². The minimum atomic E-state index is -0.586. The second-order valence-electron chi connectivity index (χ2n) is 2.11. The molecule has 14 heavy (non-hydrogen) atoms. The van der Waals surface area contributed by atoms with Crippen molar-refractivity contribution in [2.45, 2.75) is 13.2 Å². The molecule has 0 spiro atoms. The molecule has 0 bridgehead atoms. The minimum absolute atomic E-state index is 0.0520. The van der Waals surface area contributed by atoms with Gasteiger partial charge in [-0.1, -0.05) is 0 Å². The van der Waals surface area contributed by atoms with Gasteiger partial charge in [0.15, 0.2) is 6.29 Å². The molecule has 0 aliphatic rings. The maximum Gasteiger partial charge on any atom is 0.180 e. The maximum absolute atomic E-state index is 8.55. The first kappa shape index (κ1) is 16.2. The molecule has 0 aliphatic carbocycles. The number of hydrogen-bond donors (Lipinski definition) is 4. The van der Waals surface area contributed by atoms with Crippen LogP contribution >= 0.6 is 0 Å². The molecule has 0 heterocycles. The van der Waals surface area contributed by atoms with Crippen LogP contribution in [-0.4, -0.2) is 66.4 Å². The van der Waals surface area contributed by atoms with Gasteiger partial charge in [0, 0.05) is 6.61 Å². The summed E-state index contributed by atoms with van der Waals surface area (Å²) in [4.78, 5) is 0. The Labute approximate surface area is 83.7 Å². The summed E-state index contributed by atoms with van der Waals surface area (Å²) in [5, 5.41) is 32.1. The summed E-state index contributed by atoms with van der Waals surface area (Å²) < 4.78 is 9.77. The van der Waals surface area contributed by atoms with Crippen LogP contribution in [-0.2, 0) is 9.47 Å². The summed E-state index contributed by atoms with van der Waals surface area (Å²) in [6.45, 7) is 2.03. The van der Waals surface area contributed by atoms with Crippen LogP contribution in [0.1, 0.15) is 6.92 Å². The summed E-state index contributed by atoms with van der Waals surface area (Å²) in [5.74, 6) is 0. The van der Waals surface area contributed by atoms with Crippen LogP contribution in [0.15, 0.2) is 0 Å². The van der Waals surface area contributed by atoms with Crippen LogP contribution in [0, 0.1) is 0 Å². The lowest BCUT2D eigenvalue weighted by Crippen LogP contribution is -2.22. The van der Waals surface area contributed by atoms with E-state index < -0.39 is 6.29 Å². The summed E-state index contributed by atoms with van der Waals surface area (Å²) >= 11 is 0. The first-order valence-electron chi connectivity index (χ1n) is 4.43. The summed E-state index contributed by atoms with van der Waals surface area (Å²) in [6.07, 6.45) is -0.586. The van der Waals surface area contributed by atoms with Gasteiger partial charge < -0.3 is 29.9 Å². The third-order valence-corrected chi connectivity index (χ3v) is 0.997. The first-order valence-corrected chi connectivity index (χ1v) is 4.43. The molecule has 0 aromatic heterocycles. The van der Waals surface area contributed by atoms with Gasteiger partial charge in [0.1, 0.15) is 0 Å². The van der Waals surface area contributed by atoms with E-state index in [1.165, 1.54) is 0 Å². The quantitative estimate of drug-likeness (QED) is 0.376. The van der Waals surface area contributed by atoms with Crippen molar-refractivity contribution in [1.29, 1.82) is 0 Å². The third-order valence-electron chi connectivity index (χ3n) is 0.997. The fourth-order valence-electron chi connectivity index (χ4n) is 0.524. The Bertz CT molecular complexity index is 87.9. The Balaban J connectivity index is 0. The lowest BCUT2D eigenvalue weighted by molar-refractivity contribution is -0.164. The van der Waals surface area contributed by atoms with Gasteiger partial charge in [-0.15, -0.1) is 0 Å². The molecule has 0 amide bonds. The molecule has 0 rings (SSSR count). The van der Waals surface area contributed by atoms with Gasteiger partial charge in [-0.25, -0.2) is 0 Å². The predicted molar refractivity (Wildman–Crippen MR) is 49.7 cm³/mol. The standard InChI is InChI=1S/C6H14O4.C2H6O2/c1-2-9-6(5-8)10-4-3-7;3-1-2-4/h6-8H,2-5H2,1H3;3-4H,1-2H2. The van der Waals surface area contributed by atoms with Crippen molar-refractivity contribution in [3.63, 3.8) is 0 Å². The van der Waals surface area contributed by atoms with Crippen LogP contribution in [0.25, 0.3) is 0 Å². The van der Waals surface area contributed by atoms with Crippen LogP contribution in [0.5, 0.6) is 0 Å². The van der Waals surface area contributed by atoms with Crippen molar-refractivity contribution in [2.24, 2.45) is 0 Å². The molecule has 0 aromatic carbocycles. The van der Waals surface area contributed by atoms with Crippen molar-refractivity contribution in [2.75, 3.05) is 39.6 Å². The van der Waals surface area contributed by atoms with Gasteiger partial charge in [-0.3, -0.25) is 0 Å². The van der Waals surface area contributed by atoms with Gasteiger partial charge >= 0.3 is 0 Å². The SMILES string of the molecule is CCOC(CO)OCCO.OCCO. The smallest absolute Gasteiger partial charge is 0.180 e. The predicted octanol–water partition coefficient (Wildman–Crippen LogP) is -1.68. The van der Waals surface area contributed by atoms with Crippen molar-refractivity contribution in [1.82, 2.24) is 0 Å². The fraction of sp³-hybridized carbons (Fsp3) is 1.00. The van der Waals surface area contributed by atoms with Crippen molar-refractivity contribution in [3.05, 3.63) is 0 Å². The number of aliphatic hydroxyl groups excluding tert-OH is 4. The van der Waals surface area contributed by atoms with Crippen LogP contribution < -0.4 is 0 Å². The van der Waals surface area contributed by atoms with Gasteiger partial charge in [0.05, 0.1) is 33.0 Å². The molecular formula is C8H20O6. The van der Waals surface area contributed by atoms with E-state index in [2.05, 4.69) is 0 Å². The van der Waals surface area contributed by atoms with Crippen molar-refractivity contribution < 1.29 is 29.9 Å². The average molecular weight is 212 g/mol. The number of aliphatic hydroxyl groups is 4. The molecule has 4 N–H and O–H groups in total. The van der Waals surface area contributed by atoms with Crippen LogP contribution in [0.4, 0.5) is 0 Å². The third kappa shape index (κ3) is 14.3. The number of rotatable bonds is 7. The zero-order valence-corrected chi connectivity index (χ0v) is 8.43. The highest BCUT2D eigenvalue weighted by Gasteiger charge is 2.04. The van der Waals surface area contributed by atoms with E-state index in [1.54, 1.807) is 0 Å². The van der Waals surface area contributed by atoms with Gasteiger partial charge in [-0.05, 0) is 6.92 Å². The van der Waals surface area contributed by atoms with E-state index >= 15 is 0 Å². The van der Waals surface area contributed by atoms with Gasteiger partial charge in [0.2, 0.25) is 0 Å². The fourth-order valence-corrected chi connectivity index (χ4v) is 0.524. The van der Waals surface area contributed by atoms with Crippen LogP contribution in [0.3, 0.4) is 0 Å². The molecule has 0 saturated carbocycles. The zero-order valence-electron chi connectivity index (χ0n) is 8.43. The molecule has 1 atom stereocenters. The molecule has 0 aromatic rings. The Morgan fingerprint density at radius 3 is 1.79 bits per heavy atom. The van der Waals surface area contributed by atoms with E-state index in [-0.39, 0.29) is 33.0 Å². The van der Waals surface area contributed by atoms with Gasteiger partial charge in [-0.2, -0.15) is 0 Å². The average Bonchev–Trinajstić information content (AvgIpc) is 2.24. The second-order valence-corrected chi connectivity index (χ2v) is 2.11. The highest BCUT2D eigenvalue weighted by molar-refractivity contribution is 4.38. The zero-order chi connectivity index (χ0) is 11.2. The summed E-state index contributed by atoms with van der Waals surface area (Å²) in [5.41, 5.74) is 0. The normalized spacial score (nSPS) is 11.8. The molecule has 6 heteroatoms. The molecular weight excluding hydrogens is 192 g/mol. The van der Waals surface area contributed by atoms with E-state index in [4.69, 9.17) is 29.9 Å². The van der Waals surface area contributed by atoms with Crippen molar-refractivity contribution in [3.8, 4) is 0 Å². The van der Waals surface area contributed by atoms with Gasteiger partial charge in [0.25, 0.3) is 0 Å².